The summed E-state index contributed by atoms with van der Waals surface area (Å²) >= 11 is 0. The van der Waals surface area contributed by atoms with E-state index in [1.54, 1.807) is 6.92 Å². The summed E-state index contributed by atoms with van der Waals surface area (Å²) in [4.78, 5) is 36.5. The van der Waals surface area contributed by atoms with Crippen molar-refractivity contribution < 1.29 is 36.0 Å². The Labute approximate surface area is 182 Å². The number of carbonyl (C=O) groups excluding carboxylic acids is 3. The molecule has 0 bridgehead atoms. The summed E-state index contributed by atoms with van der Waals surface area (Å²) < 4.78 is 65.3. The summed E-state index contributed by atoms with van der Waals surface area (Å²) in [7, 11) is -4.18. The minimum atomic E-state index is -4.68. The first-order valence-corrected chi connectivity index (χ1v) is 11.4. The minimum Gasteiger partial charge on any atom is -0.322 e. The third-order valence-electron chi connectivity index (χ3n) is 5.81. The maximum Gasteiger partial charge on any atom is 0.416 e. The van der Waals surface area contributed by atoms with Crippen LogP contribution in [0.2, 0.25) is 0 Å². The first-order chi connectivity index (χ1) is 14.8. The highest BCUT2D eigenvalue weighted by Gasteiger charge is 2.48. The number of halogens is 3. The topological polar surface area (TPSA) is 116 Å². The Kier molecular flexibility index (Phi) is 6.26. The highest BCUT2D eigenvalue weighted by atomic mass is 32.2. The van der Waals surface area contributed by atoms with Gasteiger partial charge in [-0.05, 0) is 44.4 Å². The van der Waals surface area contributed by atoms with Crippen LogP contribution in [0.1, 0.15) is 38.7 Å². The van der Waals surface area contributed by atoms with Crippen molar-refractivity contribution in [1.29, 1.82) is 0 Å². The number of nitrogens with one attached hydrogen (secondary N) is 2. The van der Waals surface area contributed by atoms with Gasteiger partial charge < -0.3 is 5.32 Å². The lowest BCUT2D eigenvalue weighted by atomic mass is 9.97. The lowest BCUT2D eigenvalue weighted by Crippen LogP contribution is -2.51. The molecule has 1 aromatic rings. The number of hydrogen-bond donors (Lipinski definition) is 2. The molecule has 9 nitrogen and oxygen atoms in total. The van der Waals surface area contributed by atoms with Crippen LogP contribution in [0.15, 0.2) is 29.2 Å². The summed E-state index contributed by atoms with van der Waals surface area (Å²) in [6.45, 7) is 3.06. The van der Waals surface area contributed by atoms with Gasteiger partial charge in [-0.2, -0.15) is 22.5 Å². The van der Waals surface area contributed by atoms with E-state index in [1.807, 2.05) is 0 Å². The number of hydrazine groups is 1. The van der Waals surface area contributed by atoms with E-state index in [0.717, 1.165) is 22.5 Å². The molecule has 32 heavy (non-hydrogen) atoms. The number of imide groups is 1. The van der Waals surface area contributed by atoms with Crippen LogP contribution in [0.5, 0.6) is 0 Å². The Bertz CT molecular complexity index is 1040. The van der Waals surface area contributed by atoms with Crippen LogP contribution in [0.3, 0.4) is 0 Å². The van der Waals surface area contributed by atoms with Gasteiger partial charge in [-0.15, -0.1) is 0 Å². The Hall–Kier alpha value is -2.67. The number of benzene rings is 1. The molecule has 4 amide bonds. The minimum absolute atomic E-state index is 0.0821. The van der Waals surface area contributed by atoms with Crippen LogP contribution in [-0.4, -0.2) is 54.2 Å². The third-order valence-corrected chi connectivity index (χ3v) is 7.71. The Balaban J connectivity index is 1.64. The molecule has 1 aromatic carbocycles. The molecule has 2 fully saturated rings. The number of amides is 4. The molecule has 2 saturated heterocycles. The van der Waals surface area contributed by atoms with Crippen molar-refractivity contribution in [3.63, 3.8) is 0 Å². The molecule has 13 heteroatoms. The summed E-state index contributed by atoms with van der Waals surface area (Å²) in [6, 6.07) is 2.73. The molecule has 0 aliphatic carbocycles. The fraction of sp³-hybridized carbons (Fsp3) is 0.526. The lowest BCUT2D eigenvalue weighted by Gasteiger charge is -2.31. The van der Waals surface area contributed by atoms with Crippen molar-refractivity contribution in [2.45, 2.75) is 49.7 Å². The van der Waals surface area contributed by atoms with Gasteiger partial charge in [0, 0.05) is 19.0 Å². The van der Waals surface area contributed by atoms with E-state index < -0.39 is 56.0 Å². The Morgan fingerprint density at radius 2 is 1.88 bits per heavy atom. The summed E-state index contributed by atoms with van der Waals surface area (Å²) in [5.74, 6) is -1.87. The number of hydrogen-bond acceptors (Lipinski definition) is 5. The standard InChI is InChI=1S/C19H23F3N4O5S/c1-3-18(2)16(28)26(17(29)23-18)24-15(27)12-7-9-25(10-8-12)32(30,31)14-6-4-5-13(11-14)19(20,21)22/h4-6,11-12H,3,7-10H2,1-2H3,(H,23,29)(H,24,27)/t18-/m1/s1. The van der Waals surface area contributed by atoms with Gasteiger partial charge >= 0.3 is 12.2 Å². The molecular weight excluding hydrogens is 453 g/mol. The normalized spacial score (nSPS) is 23.3. The largest absolute Gasteiger partial charge is 0.416 e. The second kappa shape index (κ2) is 8.35. The van der Waals surface area contributed by atoms with Gasteiger partial charge in [0.15, 0.2) is 0 Å². The highest BCUT2D eigenvalue weighted by Crippen LogP contribution is 2.32. The zero-order valence-electron chi connectivity index (χ0n) is 17.4. The number of nitrogens with zero attached hydrogens (tertiary/aromatic N) is 2. The predicted molar refractivity (Wildman–Crippen MR) is 105 cm³/mol. The summed E-state index contributed by atoms with van der Waals surface area (Å²) in [5.41, 5.74) is 0.0995. The monoisotopic (exact) mass is 476 g/mol. The van der Waals surface area contributed by atoms with Crippen LogP contribution in [-0.2, 0) is 25.8 Å². The SMILES string of the molecule is CC[C@@]1(C)NC(=O)N(NC(=O)C2CCN(S(=O)(=O)c3cccc(C(F)(F)F)c3)CC2)C1=O. The summed E-state index contributed by atoms with van der Waals surface area (Å²) in [5, 5.41) is 3.13. The van der Waals surface area contributed by atoms with Crippen LogP contribution >= 0.6 is 0 Å². The Morgan fingerprint density at radius 3 is 2.41 bits per heavy atom. The molecule has 0 spiro atoms. The molecule has 0 aromatic heterocycles. The van der Waals surface area contributed by atoms with Crippen LogP contribution in [0.4, 0.5) is 18.0 Å². The zero-order chi connectivity index (χ0) is 23.9. The van der Waals surface area contributed by atoms with Crippen molar-refractivity contribution in [2.75, 3.05) is 13.1 Å². The smallest absolute Gasteiger partial charge is 0.322 e. The van der Waals surface area contributed by atoms with E-state index in [1.165, 1.54) is 6.92 Å². The number of sulfonamides is 1. The van der Waals surface area contributed by atoms with Gasteiger partial charge in [0.05, 0.1) is 10.5 Å². The quantitative estimate of drug-likeness (QED) is 0.630. The van der Waals surface area contributed by atoms with Crippen molar-refractivity contribution in [2.24, 2.45) is 5.92 Å². The average molecular weight is 476 g/mol. The molecule has 2 heterocycles. The van der Waals surface area contributed by atoms with E-state index in [4.69, 9.17) is 0 Å². The van der Waals surface area contributed by atoms with Crippen molar-refractivity contribution >= 4 is 27.9 Å². The molecular formula is C19H23F3N4O5S. The molecule has 176 valence electrons. The van der Waals surface area contributed by atoms with Gasteiger partial charge in [-0.3, -0.25) is 15.0 Å². The molecule has 0 saturated carbocycles. The molecule has 0 radical (unpaired) electrons. The van der Waals surface area contributed by atoms with Gasteiger partial charge in [0.2, 0.25) is 15.9 Å². The van der Waals surface area contributed by atoms with E-state index in [9.17, 15) is 36.0 Å². The van der Waals surface area contributed by atoms with Crippen LogP contribution in [0.25, 0.3) is 0 Å². The van der Waals surface area contributed by atoms with Gasteiger partial charge in [-0.1, -0.05) is 13.0 Å². The van der Waals surface area contributed by atoms with E-state index in [2.05, 4.69) is 10.7 Å². The van der Waals surface area contributed by atoms with Gasteiger partial charge in [-0.25, -0.2) is 13.2 Å². The van der Waals surface area contributed by atoms with Crippen LogP contribution < -0.4 is 10.7 Å². The molecule has 0 unspecified atom stereocenters. The van der Waals surface area contributed by atoms with Crippen molar-refractivity contribution in [3.05, 3.63) is 29.8 Å². The fourth-order valence-corrected chi connectivity index (χ4v) is 5.08. The molecule has 2 N–H and O–H groups in total. The molecule has 1 atom stereocenters. The van der Waals surface area contributed by atoms with Gasteiger partial charge in [0.1, 0.15) is 5.54 Å². The molecule has 2 aliphatic heterocycles. The van der Waals surface area contributed by atoms with Crippen LogP contribution in [0, 0.1) is 5.92 Å². The lowest BCUT2D eigenvalue weighted by molar-refractivity contribution is -0.140. The fourth-order valence-electron chi connectivity index (χ4n) is 3.57. The molecule has 2 aliphatic rings. The maximum absolute atomic E-state index is 12.9. The highest BCUT2D eigenvalue weighted by molar-refractivity contribution is 7.89. The second-order valence-corrected chi connectivity index (χ2v) is 9.87. The second-order valence-electron chi connectivity index (χ2n) is 7.94. The van der Waals surface area contributed by atoms with Gasteiger partial charge in [0.25, 0.3) is 5.91 Å². The average Bonchev–Trinajstić information content (AvgIpc) is 2.96. The number of piperidine rings is 1. The number of alkyl halides is 3. The molecule has 3 rings (SSSR count). The van der Waals surface area contributed by atoms with E-state index >= 15 is 0 Å². The third kappa shape index (κ3) is 4.44. The zero-order valence-corrected chi connectivity index (χ0v) is 18.2. The number of rotatable bonds is 5. The summed E-state index contributed by atoms with van der Waals surface area (Å²) in [6.07, 6.45) is -4.18. The first-order valence-electron chi connectivity index (χ1n) is 9.94. The number of carbonyl (C=O) groups is 3. The van der Waals surface area contributed by atoms with E-state index in [0.29, 0.717) is 17.5 Å². The maximum atomic E-state index is 12.9. The first kappa shape index (κ1) is 24.0. The Morgan fingerprint density at radius 1 is 1.25 bits per heavy atom. The number of urea groups is 1. The van der Waals surface area contributed by atoms with E-state index in [-0.39, 0.29) is 25.9 Å². The predicted octanol–water partition coefficient (Wildman–Crippen LogP) is 1.86. The van der Waals surface area contributed by atoms with Crippen molar-refractivity contribution in [3.8, 4) is 0 Å². The van der Waals surface area contributed by atoms with Crippen molar-refractivity contribution in [1.82, 2.24) is 20.1 Å².